The van der Waals surface area contributed by atoms with E-state index in [0.29, 0.717) is 25.2 Å². The van der Waals surface area contributed by atoms with Crippen LogP contribution in [0.25, 0.3) is 0 Å². The maximum Gasteiger partial charge on any atom is 0.263 e. The van der Waals surface area contributed by atoms with Gasteiger partial charge in [-0.1, -0.05) is 36.7 Å². The fraction of sp³-hybridized carbons (Fsp3) is 0.278. The molecule has 1 heterocycles. The zero-order valence-electron chi connectivity index (χ0n) is 13.8. The van der Waals surface area contributed by atoms with Crippen molar-refractivity contribution in [2.45, 2.75) is 31.2 Å². The number of anilines is 1. The van der Waals surface area contributed by atoms with E-state index in [-0.39, 0.29) is 15.8 Å². The minimum Gasteiger partial charge on any atom is -0.338 e. The second-order valence-corrected chi connectivity index (χ2v) is 8.00. The summed E-state index contributed by atoms with van der Waals surface area (Å²) in [5.41, 5.74) is 2.57. The Hall–Kier alpha value is -2.05. The van der Waals surface area contributed by atoms with Gasteiger partial charge in [-0.3, -0.25) is 9.52 Å². The number of nitrogens with one attached hydrogen (secondary N) is 1. The molecule has 0 spiro atoms. The van der Waals surface area contributed by atoms with Crippen molar-refractivity contribution in [3.8, 4) is 0 Å². The van der Waals surface area contributed by atoms with Gasteiger partial charge in [-0.2, -0.15) is 0 Å². The van der Waals surface area contributed by atoms with Crippen molar-refractivity contribution < 1.29 is 13.2 Å². The second kappa shape index (κ2) is 7.06. The Balaban J connectivity index is 1.86. The lowest BCUT2D eigenvalue weighted by Gasteiger charge is -2.29. The quantitative estimate of drug-likeness (QED) is 0.886. The topological polar surface area (TPSA) is 66.5 Å². The molecule has 7 heteroatoms. The molecule has 0 aromatic heterocycles. The van der Waals surface area contributed by atoms with Crippen LogP contribution >= 0.6 is 11.6 Å². The van der Waals surface area contributed by atoms with Crippen molar-refractivity contribution in [3.05, 3.63) is 58.6 Å². The number of carbonyl (C=O) groups excluding carboxylic acids is 1. The third-order valence-corrected chi connectivity index (χ3v) is 6.13. The Bertz CT molecular complexity index is 912. The predicted octanol–water partition coefficient (Wildman–Crippen LogP) is 3.44. The van der Waals surface area contributed by atoms with Gasteiger partial charge in [0.2, 0.25) is 5.91 Å². The third kappa shape index (κ3) is 3.80. The molecule has 0 unspecified atom stereocenters. The first-order valence-electron chi connectivity index (χ1n) is 8.07. The molecule has 0 bridgehead atoms. The molecule has 3 rings (SSSR count). The van der Waals surface area contributed by atoms with E-state index in [4.69, 9.17) is 11.6 Å². The van der Waals surface area contributed by atoms with Gasteiger partial charge in [0.25, 0.3) is 10.0 Å². The number of hydrogen-bond donors (Lipinski definition) is 1. The molecule has 25 heavy (non-hydrogen) atoms. The van der Waals surface area contributed by atoms with Crippen molar-refractivity contribution >= 4 is 33.2 Å². The smallest absolute Gasteiger partial charge is 0.263 e. The van der Waals surface area contributed by atoms with E-state index in [1.54, 1.807) is 29.2 Å². The van der Waals surface area contributed by atoms with Crippen molar-refractivity contribution in [1.29, 1.82) is 0 Å². The lowest BCUT2D eigenvalue weighted by atomic mass is 9.99. The monoisotopic (exact) mass is 378 g/mol. The molecule has 1 amide bonds. The Morgan fingerprint density at radius 1 is 1.20 bits per heavy atom. The van der Waals surface area contributed by atoms with Crippen LogP contribution < -0.4 is 4.72 Å². The standard InChI is InChI=1S/C18H19ClN2O3S/c1-2-18(22)21-10-9-13-7-8-15(11-14(13)12-21)20-25(23,24)17-6-4-3-5-16(17)19/h3-8,11,20H,2,9-10,12H2,1H3. The number of rotatable bonds is 4. The summed E-state index contributed by atoms with van der Waals surface area (Å²) < 4.78 is 27.7. The molecule has 0 radical (unpaired) electrons. The molecule has 1 aliphatic rings. The summed E-state index contributed by atoms with van der Waals surface area (Å²) in [4.78, 5) is 13.8. The van der Waals surface area contributed by atoms with Gasteiger partial charge in [0, 0.05) is 25.2 Å². The zero-order valence-corrected chi connectivity index (χ0v) is 15.4. The fourth-order valence-electron chi connectivity index (χ4n) is 2.93. The molecule has 132 valence electrons. The lowest BCUT2D eigenvalue weighted by Crippen LogP contribution is -2.35. The van der Waals surface area contributed by atoms with E-state index in [0.717, 1.165) is 17.5 Å². The van der Waals surface area contributed by atoms with Crippen molar-refractivity contribution in [1.82, 2.24) is 4.90 Å². The van der Waals surface area contributed by atoms with Crippen LogP contribution in [0, 0.1) is 0 Å². The molecule has 0 fully saturated rings. The second-order valence-electron chi connectivity index (χ2n) is 5.94. The highest BCUT2D eigenvalue weighted by molar-refractivity contribution is 7.92. The predicted molar refractivity (Wildman–Crippen MR) is 98.1 cm³/mol. The number of sulfonamides is 1. The van der Waals surface area contributed by atoms with Gasteiger partial charge in [-0.05, 0) is 41.8 Å². The summed E-state index contributed by atoms with van der Waals surface area (Å²) in [5.74, 6) is 0.104. The summed E-state index contributed by atoms with van der Waals surface area (Å²) in [7, 11) is -3.77. The van der Waals surface area contributed by atoms with Crippen LogP contribution in [-0.2, 0) is 27.8 Å². The summed E-state index contributed by atoms with van der Waals surface area (Å²) >= 11 is 6.00. The van der Waals surface area contributed by atoms with E-state index in [1.165, 1.54) is 12.1 Å². The number of carbonyl (C=O) groups is 1. The molecule has 0 saturated carbocycles. The number of fused-ring (bicyclic) bond motifs is 1. The van der Waals surface area contributed by atoms with Crippen molar-refractivity contribution in [2.75, 3.05) is 11.3 Å². The molecule has 0 saturated heterocycles. The highest BCUT2D eigenvalue weighted by Crippen LogP contribution is 2.27. The largest absolute Gasteiger partial charge is 0.338 e. The van der Waals surface area contributed by atoms with Crippen LogP contribution in [0.1, 0.15) is 24.5 Å². The molecule has 0 aliphatic carbocycles. The highest BCUT2D eigenvalue weighted by Gasteiger charge is 2.21. The zero-order chi connectivity index (χ0) is 18.0. The van der Waals surface area contributed by atoms with E-state index < -0.39 is 10.0 Å². The fourth-order valence-corrected chi connectivity index (χ4v) is 4.50. The first kappa shape index (κ1) is 17.8. The van der Waals surface area contributed by atoms with Gasteiger partial charge >= 0.3 is 0 Å². The average Bonchev–Trinajstić information content (AvgIpc) is 2.60. The third-order valence-electron chi connectivity index (χ3n) is 4.25. The van der Waals surface area contributed by atoms with Crippen LogP contribution in [0.2, 0.25) is 5.02 Å². The molecule has 1 aliphatic heterocycles. The molecule has 2 aromatic rings. The molecule has 1 N–H and O–H groups in total. The normalized spacial score (nSPS) is 14.1. The highest BCUT2D eigenvalue weighted by atomic mass is 35.5. The summed E-state index contributed by atoms with van der Waals surface area (Å²) in [6.07, 6.45) is 1.24. The van der Waals surface area contributed by atoms with E-state index in [9.17, 15) is 13.2 Å². The number of halogens is 1. The number of nitrogens with zero attached hydrogens (tertiary/aromatic N) is 1. The summed E-state index contributed by atoms with van der Waals surface area (Å²) in [5, 5.41) is 0.174. The van der Waals surface area contributed by atoms with Gasteiger partial charge < -0.3 is 4.90 Å². The van der Waals surface area contributed by atoms with Gasteiger partial charge in [0.1, 0.15) is 4.90 Å². The molecular formula is C18H19ClN2O3S. The Labute approximate surface area is 152 Å². The molecular weight excluding hydrogens is 360 g/mol. The van der Waals surface area contributed by atoms with Crippen LogP contribution in [-0.4, -0.2) is 25.8 Å². The van der Waals surface area contributed by atoms with Crippen molar-refractivity contribution in [2.24, 2.45) is 0 Å². The Morgan fingerprint density at radius 3 is 2.68 bits per heavy atom. The number of hydrogen-bond acceptors (Lipinski definition) is 3. The number of amides is 1. The minimum absolute atomic E-state index is 0.0391. The maximum absolute atomic E-state index is 12.5. The van der Waals surface area contributed by atoms with E-state index in [2.05, 4.69) is 4.72 Å². The van der Waals surface area contributed by atoms with Gasteiger partial charge in [-0.25, -0.2) is 8.42 Å². The first-order chi connectivity index (χ1) is 11.9. The molecule has 2 aromatic carbocycles. The van der Waals surface area contributed by atoms with Crippen LogP contribution in [0.15, 0.2) is 47.4 Å². The summed E-state index contributed by atoms with van der Waals surface area (Å²) in [6, 6.07) is 11.7. The minimum atomic E-state index is -3.77. The molecule has 5 nitrogen and oxygen atoms in total. The lowest BCUT2D eigenvalue weighted by molar-refractivity contribution is -0.131. The van der Waals surface area contributed by atoms with E-state index >= 15 is 0 Å². The molecule has 0 atom stereocenters. The Morgan fingerprint density at radius 2 is 1.96 bits per heavy atom. The van der Waals surface area contributed by atoms with Crippen molar-refractivity contribution in [3.63, 3.8) is 0 Å². The maximum atomic E-state index is 12.5. The first-order valence-corrected chi connectivity index (χ1v) is 9.94. The van der Waals surface area contributed by atoms with Gasteiger partial charge in [0.15, 0.2) is 0 Å². The Kier molecular flexibility index (Phi) is 5.01. The number of benzene rings is 2. The van der Waals surface area contributed by atoms with Crippen LogP contribution in [0.3, 0.4) is 0 Å². The van der Waals surface area contributed by atoms with Gasteiger partial charge in [0.05, 0.1) is 5.02 Å². The van der Waals surface area contributed by atoms with Crippen LogP contribution in [0.5, 0.6) is 0 Å². The van der Waals surface area contributed by atoms with Gasteiger partial charge in [-0.15, -0.1) is 0 Å². The average molecular weight is 379 g/mol. The van der Waals surface area contributed by atoms with E-state index in [1.807, 2.05) is 13.0 Å². The summed E-state index contributed by atoms with van der Waals surface area (Å²) in [6.45, 7) is 3.04. The van der Waals surface area contributed by atoms with Crippen LogP contribution in [0.4, 0.5) is 5.69 Å². The SMILES string of the molecule is CCC(=O)N1CCc2ccc(NS(=O)(=O)c3ccccc3Cl)cc2C1.